The van der Waals surface area contributed by atoms with Gasteiger partial charge in [-0.3, -0.25) is 19.3 Å². The van der Waals surface area contributed by atoms with E-state index < -0.39 is 0 Å². The zero-order chi connectivity index (χ0) is 14.8. The van der Waals surface area contributed by atoms with Crippen LogP contribution in [0.5, 0.6) is 0 Å². The van der Waals surface area contributed by atoms with E-state index in [1.807, 2.05) is 13.8 Å². The van der Waals surface area contributed by atoms with Crippen LogP contribution in [0.15, 0.2) is 0 Å². The summed E-state index contributed by atoms with van der Waals surface area (Å²) in [5.41, 5.74) is 0. The molecular formula is C13H24N2O4. The number of carbonyl (C=O) groups is 3. The monoisotopic (exact) mass is 272 g/mol. The fourth-order valence-electron chi connectivity index (χ4n) is 1.52. The summed E-state index contributed by atoms with van der Waals surface area (Å²) in [5.74, 6) is -0.556. The van der Waals surface area contributed by atoms with E-state index in [0.717, 1.165) is 0 Å². The predicted octanol–water partition coefficient (Wildman–Crippen LogP) is 0.355. The Balaban J connectivity index is 3.86. The van der Waals surface area contributed by atoms with Crippen molar-refractivity contribution in [2.45, 2.75) is 39.7 Å². The largest absolute Gasteiger partial charge is 0.466 e. The Morgan fingerprint density at radius 3 is 2.32 bits per heavy atom. The van der Waals surface area contributed by atoms with Crippen LogP contribution in [-0.4, -0.2) is 55.3 Å². The second-order valence-electron chi connectivity index (χ2n) is 4.74. The zero-order valence-electron chi connectivity index (χ0n) is 12.2. The molecule has 0 aromatic rings. The van der Waals surface area contributed by atoms with Crippen LogP contribution in [0.1, 0.15) is 33.6 Å². The number of carbonyl (C=O) groups excluding carboxylic acids is 3. The number of ether oxygens (including phenoxy) is 1. The fourth-order valence-corrected chi connectivity index (χ4v) is 1.52. The summed E-state index contributed by atoms with van der Waals surface area (Å²) in [6.07, 6.45) is 0.244. The van der Waals surface area contributed by atoms with Gasteiger partial charge in [0, 0.05) is 12.5 Å². The third-order valence-corrected chi connectivity index (χ3v) is 2.22. The third kappa shape index (κ3) is 10.2. The molecule has 0 rings (SSSR count). The van der Waals surface area contributed by atoms with Crippen molar-refractivity contribution in [2.75, 3.05) is 26.7 Å². The number of amides is 1. The van der Waals surface area contributed by atoms with Crippen molar-refractivity contribution in [1.29, 1.82) is 0 Å². The van der Waals surface area contributed by atoms with Gasteiger partial charge in [-0.2, -0.15) is 0 Å². The molecule has 1 amide bonds. The number of nitrogens with one attached hydrogen (secondary N) is 1. The van der Waals surface area contributed by atoms with Gasteiger partial charge < -0.3 is 10.1 Å². The highest BCUT2D eigenvalue weighted by Crippen LogP contribution is 1.96. The number of rotatable bonds is 9. The molecule has 6 heteroatoms. The highest BCUT2D eigenvalue weighted by Gasteiger charge is 2.13. The summed E-state index contributed by atoms with van der Waals surface area (Å²) in [5, 5.41) is 2.75. The second-order valence-corrected chi connectivity index (χ2v) is 4.74. The lowest BCUT2D eigenvalue weighted by molar-refractivity contribution is -0.144. The molecule has 0 fully saturated rings. The molecular weight excluding hydrogens is 248 g/mol. The van der Waals surface area contributed by atoms with E-state index in [-0.39, 0.29) is 49.6 Å². The number of esters is 1. The number of nitrogens with zero attached hydrogens (tertiary/aromatic N) is 1. The Morgan fingerprint density at radius 2 is 1.79 bits per heavy atom. The molecule has 19 heavy (non-hydrogen) atoms. The van der Waals surface area contributed by atoms with Crippen LogP contribution in [-0.2, 0) is 19.1 Å². The van der Waals surface area contributed by atoms with Crippen LogP contribution in [0, 0.1) is 0 Å². The summed E-state index contributed by atoms with van der Waals surface area (Å²) in [6.45, 7) is 6.13. The summed E-state index contributed by atoms with van der Waals surface area (Å²) in [6, 6.07) is 0.0837. The van der Waals surface area contributed by atoms with Crippen LogP contribution >= 0.6 is 0 Å². The van der Waals surface area contributed by atoms with Crippen LogP contribution in [0.4, 0.5) is 0 Å². The molecule has 0 saturated heterocycles. The molecule has 0 heterocycles. The van der Waals surface area contributed by atoms with E-state index in [2.05, 4.69) is 5.32 Å². The lowest BCUT2D eigenvalue weighted by atomic mass is 10.2. The Bertz CT molecular complexity index is 316. The molecule has 110 valence electrons. The minimum Gasteiger partial charge on any atom is -0.466 e. The standard InChI is InChI=1S/C13H24N2O4/c1-5-19-13(18)7-6-11(16)8-15(4)9-12(17)14-10(2)3/h10H,5-9H2,1-4H3,(H,14,17). The van der Waals surface area contributed by atoms with Gasteiger partial charge in [-0.05, 0) is 27.8 Å². The number of Topliss-reactive ketones (excluding diaryl/α,β-unsaturated/α-hetero) is 1. The number of likely N-dealkylation sites (N-methyl/N-ethyl adjacent to an activating group) is 1. The van der Waals surface area contributed by atoms with E-state index in [4.69, 9.17) is 4.74 Å². The van der Waals surface area contributed by atoms with Crippen LogP contribution in [0.3, 0.4) is 0 Å². The first kappa shape index (κ1) is 17.6. The van der Waals surface area contributed by atoms with E-state index in [0.29, 0.717) is 6.61 Å². The maximum atomic E-state index is 11.6. The summed E-state index contributed by atoms with van der Waals surface area (Å²) in [7, 11) is 1.70. The first-order valence-corrected chi connectivity index (χ1v) is 6.50. The zero-order valence-corrected chi connectivity index (χ0v) is 12.2. The smallest absolute Gasteiger partial charge is 0.306 e. The maximum absolute atomic E-state index is 11.6. The summed E-state index contributed by atoms with van der Waals surface area (Å²) in [4.78, 5) is 35.8. The molecule has 0 atom stereocenters. The molecule has 0 aliphatic rings. The van der Waals surface area contributed by atoms with Gasteiger partial charge in [-0.1, -0.05) is 0 Å². The maximum Gasteiger partial charge on any atom is 0.306 e. The Morgan fingerprint density at radius 1 is 1.16 bits per heavy atom. The summed E-state index contributed by atoms with van der Waals surface area (Å²) >= 11 is 0. The summed E-state index contributed by atoms with van der Waals surface area (Å²) < 4.78 is 4.74. The van der Waals surface area contributed by atoms with Gasteiger partial charge in [0.15, 0.2) is 0 Å². The second kappa shape index (κ2) is 9.49. The normalized spacial score (nSPS) is 10.6. The van der Waals surface area contributed by atoms with Gasteiger partial charge in [-0.25, -0.2) is 0 Å². The minimum absolute atomic E-state index is 0.0760. The molecule has 0 radical (unpaired) electrons. The van der Waals surface area contributed by atoms with Crippen LogP contribution in [0.2, 0.25) is 0 Å². The van der Waals surface area contributed by atoms with Crippen molar-refractivity contribution in [2.24, 2.45) is 0 Å². The van der Waals surface area contributed by atoms with Crippen molar-refractivity contribution in [3.8, 4) is 0 Å². The molecule has 0 unspecified atom stereocenters. The van der Waals surface area contributed by atoms with E-state index in [9.17, 15) is 14.4 Å². The lowest BCUT2D eigenvalue weighted by Gasteiger charge is -2.16. The van der Waals surface area contributed by atoms with Gasteiger partial charge in [-0.15, -0.1) is 0 Å². The molecule has 0 spiro atoms. The molecule has 0 saturated carbocycles. The predicted molar refractivity (Wildman–Crippen MR) is 71.6 cm³/mol. The first-order chi connectivity index (χ1) is 8.85. The van der Waals surface area contributed by atoms with Crippen molar-refractivity contribution in [1.82, 2.24) is 10.2 Å². The van der Waals surface area contributed by atoms with Gasteiger partial charge in [0.25, 0.3) is 0 Å². The Kier molecular flexibility index (Phi) is 8.78. The van der Waals surface area contributed by atoms with Gasteiger partial charge in [0.1, 0.15) is 5.78 Å². The van der Waals surface area contributed by atoms with Crippen molar-refractivity contribution < 1.29 is 19.1 Å². The number of hydrogen-bond donors (Lipinski definition) is 1. The molecule has 0 bridgehead atoms. The van der Waals surface area contributed by atoms with Crippen molar-refractivity contribution in [3.63, 3.8) is 0 Å². The molecule has 0 aromatic heterocycles. The van der Waals surface area contributed by atoms with Crippen LogP contribution in [0.25, 0.3) is 0 Å². The van der Waals surface area contributed by atoms with E-state index in [1.54, 1.807) is 18.9 Å². The SMILES string of the molecule is CCOC(=O)CCC(=O)CN(C)CC(=O)NC(C)C. The quantitative estimate of drug-likeness (QED) is 0.613. The van der Waals surface area contributed by atoms with Gasteiger partial charge >= 0.3 is 5.97 Å². The average Bonchev–Trinajstić information content (AvgIpc) is 2.25. The lowest BCUT2D eigenvalue weighted by Crippen LogP contribution is -2.40. The Hall–Kier alpha value is -1.43. The first-order valence-electron chi connectivity index (χ1n) is 6.50. The number of hydrogen-bond acceptors (Lipinski definition) is 5. The molecule has 0 aliphatic heterocycles. The van der Waals surface area contributed by atoms with Crippen molar-refractivity contribution >= 4 is 17.7 Å². The number of ketones is 1. The average molecular weight is 272 g/mol. The van der Waals surface area contributed by atoms with Crippen LogP contribution < -0.4 is 5.32 Å². The highest BCUT2D eigenvalue weighted by molar-refractivity contribution is 5.85. The fraction of sp³-hybridized carbons (Fsp3) is 0.769. The Labute approximate surface area is 114 Å². The van der Waals surface area contributed by atoms with Crippen molar-refractivity contribution in [3.05, 3.63) is 0 Å². The van der Waals surface area contributed by atoms with Gasteiger partial charge in [0.05, 0.1) is 26.1 Å². The molecule has 0 aromatic carbocycles. The molecule has 6 nitrogen and oxygen atoms in total. The topological polar surface area (TPSA) is 75.7 Å². The van der Waals surface area contributed by atoms with Gasteiger partial charge in [0.2, 0.25) is 5.91 Å². The highest BCUT2D eigenvalue weighted by atomic mass is 16.5. The van der Waals surface area contributed by atoms with E-state index in [1.165, 1.54) is 0 Å². The third-order valence-electron chi connectivity index (χ3n) is 2.22. The molecule has 1 N–H and O–H groups in total. The minimum atomic E-state index is -0.365. The van der Waals surface area contributed by atoms with E-state index >= 15 is 0 Å². The molecule has 0 aliphatic carbocycles.